The highest BCUT2D eigenvalue weighted by molar-refractivity contribution is 7.99. The molecule has 1 aliphatic rings. The van der Waals surface area contributed by atoms with E-state index in [1.54, 1.807) is 0 Å². The molecule has 26 heavy (non-hydrogen) atoms. The number of nitrogens with one attached hydrogen (secondary N) is 1. The second-order valence-electron chi connectivity index (χ2n) is 6.30. The van der Waals surface area contributed by atoms with Gasteiger partial charge in [0.15, 0.2) is 10.8 Å². The average molecular weight is 407 g/mol. The van der Waals surface area contributed by atoms with Crippen LogP contribution in [0.25, 0.3) is 5.65 Å². The van der Waals surface area contributed by atoms with E-state index in [-0.39, 0.29) is 33.5 Å². The Hall–Kier alpha value is -1.48. The molecule has 1 amide bonds. The highest BCUT2D eigenvalue weighted by Gasteiger charge is 2.32. The lowest BCUT2D eigenvalue weighted by molar-refractivity contribution is -0.137. The van der Waals surface area contributed by atoms with Gasteiger partial charge in [-0.3, -0.25) is 9.20 Å². The second kappa shape index (κ2) is 8.04. The number of carbonyl (C=O) groups excluding carboxylic acids is 1. The molecule has 3 rings (SSSR count). The third-order valence-electron chi connectivity index (χ3n) is 4.31. The Morgan fingerprint density at radius 3 is 2.62 bits per heavy atom. The van der Waals surface area contributed by atoms with Gasteiger partial charge >= 0.3 is 6.18 Å². The van der Waals surface area contributed by atoms with E-state index in [1.807, 2.05) is 0 Å². The van der Waals surface area contributed by atoms with Crippen LogP contribution in [0.4, 0.5) is 13.2 Å². The van der Waals surface area contributed by atoms with Gasteiger partial charge in [-0.05, 0) is 18.9 Å². The van der Waals surface area contributed by atoms with Crippen LogP contribution in [-0.2, 0) is 11.0 Å². The quantitative estimate of drug-likeness (QED) is 0.606. The van der Waals surface area contributed by atoms with Crippen LogP contribution in [0.3, 0.4) is 0 Å². The fourth-order valence-corrected chi connectivity index (χ4v) is 3.98. The summed E-state index contributed by atoms with van der Waals surface area (Å²) >= 11 is 6.91. The Morgan fingerprint density at radius 2 is 1.96 bits per heavy atom. The predicted molar refractivity (Wildman–Crippen MR) is 93.4 cm³/mol. The van der Waals surface area contributed by atoms with Crippen LogP contribution in [-0.4, -0.2) is 32.3 Å². The third-order valence-corrected chi connectivity index (χ3v) is 5.53. The van der Waals surface area contributed by atoms with E-state index in [0.717, 1.165) is 49.7 Å². The van der Waals surface area contributed by atoms with Crippen molar-refractivity contribution in [1.29, 1.82) is 0 Å². The Kier molecular flexibility index (Phi) is 5.96. The first-order chi connectivity index (χ1) is 12.3. The van der Waals surface area contributed by atoms with Gasteiger partial charge in [0.2, 0.25) is 5.91 Å². The first kappa shape index (κ1) is 19.3. The summed E-state index contributed by atoms with van der Waals surface area (Å²) in [6.07, 6.45) is 2.89. The molecule has 10 heteroatoms. The molecule has 0 aliphatic heterocycles. The fourth-order valence-electron chi connectivity index (χ4n) is 3.01. The standard InChI is InChI=1S/C16H18ClF3N4OS/c17-12-7-10(16(18,19)20)8-24-14(12)22-23-15(24)26-9-13(25)21-11-5-3-1-2-4-6-11/h7-8,11H,1-6,9H2,(H,21,25). The number of aromatic nitrogens is 3. The SMILES string of the molecule is O=C(CSc1nnc2c(Cl)cc(C(F)(F)F)cn12)NC1CCCCCC1. The van der Waals surface area contributed by atoms with Gasteiger partial charge < -0.3 is 5.32 Å². The zero-order valence-electron chi connectivity index (χ0n) is 13.9. The minimum absolute atomic E-state index is 0.0607. The van der Waals surface area contributed by atoms with Crippen molar-refractivity contribution in [3.63, 3.8) is 0 Å². The van der Waals surface area contributed by atoms with E-state index >= 15 is 0 Å². The number of hydrogen-bond donors (Lipinski definition) is 1. The van der Waals surface area contributed by atoms with Crippen molar-refractivity contribution >= 4 is 34.9 Å². The molecule has 5 nitrogen and oxygen atoms in total. The number of fused-ring (bicyclic) bond motifs is 1. The molecule has 0 aromatic carbocycles. The lowest BCUT2D eigenvalue weighted by Gasteiger charge is -2.15. The topological polar surface area (TPSA) is 59.3 Å². The number of halogens is 4. The number of pyridine rings is 1. The third kappa shape index (κ3) is 4.62. The zero-order chi connectivity index (χ0) is 18.7. The van der Waals surface area contributed by atoms with Crippen LogP contribution in [0.5, 0.6) is 0 Å². The lowest BCUT2D eigenvalue weighted by atomic mass is 10.1. The van der Waals surface area contributed by atoms with Gasteiger partial charge in [-0.15, -0.1) is 10.2 Å². The molecule has 2 aromatic rings. The van der Waals surface area contributed by atoms with Gasteiger partial charge in [0, 0.05) is 12.2 Å². The highest BCUT2D eigenvalue weighted by Crippen LogP contribution is 2.33. The molecular formula is C16H18ClF3N4OS. The molecule has 0 unspecified atom stereocenters. The molecule has 1 aliphatic carbocycles. The Balaban J connectivity index is 1.68. The van der Waals surface area contributed by atoms with Crippen LogP contribution >= 0.6 is 23.4 Å². The van der Waals surface area contributed by atoms with Crippen molar-refractivity contribution in [1.82, 2.24) is 19.9 Å². The summed E-state index contributed by atoms with van der Waals surface area (Å²) in [6.45, 7) is 0. The maximum absolute atomic E-state index is 13.0. The van der Waals surface area contributed by atoms with Crippen molar-refractivity contribution < 1.29 is 18.0 Å². The molecule has 0 radical (unpaired) electrons. The summed E-state index contributed by atoms with van der Waals surface area (Å²) in [5, 5.41) is 10.7. The highest BCUT2D eigenvalue weighted by atomic mass is 35.5. The van der Waals surface area contributed by atoms with Crippen molar-refractivity contribution in [2.45, 2.75) is 55.9 Å². The van der Waals surface area contributed by atoms with Gasteiger partial charge in [0.25, 0.3) is 0 Å². The molecule has 2 heterocycles. The number of hydrogen-bond acceptors (Lipinski definition) is 4. The van der Waals surface area contributed by atoms with Gasteiger partial charge in [-0.2, -0.15) is 13.2 Å². The average Bonchev–Trinajstić information content (AvgIpc) is 2.81. The number of nitrogens with zero attached hydrogens (tertiary/aromatic N) is 3. The molecule has 1 N–H and O–H groups in total. The van der Waals surface area contributed by atoms with Crippen molar-refractivity contribution in [3.8, 4) is 0 Å². The number of amides is 1. The summed E-state index contributed by atoms with van der Waals surface area (Å²) in [5.41, 5.74) is -0.758. The van der Waals surface area contributed by atoms with Crippen molar-refractivity contribution in [3.05, 3.63) is 22.8 Å². The molecular weight excluding hydrogens is 389 g/mol. The van der Waals surface area contributed by atoms with Gasteiger partial charge in [-0.25, -0.2) is 0 Å². The summed E-state index contributed by atoms with van der Waals surface area (Å²) < 4.78 is 40.0. The van der Waals surface area contributed by atoms with Crippen LogP contribution in [0.1, 0.15) is 44.1 Å². The molecule has 142 valence electrons. The summed E-state index contributed by atoms with van der Waals surface area (Å²) in [4.78, 5) is 12.2. The van der Waals surface area contributed by atoms with E-state index in [0.29, 0.717) is 0 Å². The molecule has 0 saturated heterocycles. The maximum atomic E-state index is 13.0. The molecule has 0 atom stereocenters. The number of thioether (sulfide) groups is 1. The summed E-state index contributed by atoms with van der Waals surface area (Å²) in [6, 6.07) is 0.991. The largest absolute Gasteiger partial charge is 0.417 e. The normalized spacial score (nSPS) is 16.6. The summed E-state index contributed by atoms with van der Waals surface area (Å²) in [7, 11) is 0. The smallest absolute Gasteiger partial charge is 0.353 e. The van der Waals surface area contributed by atoms with Crippen LogP contribution in [0.2, 0.25) is 5.02 Å². The molecule has 1 saturated carbocycles. The minimum Gasteiger partial charge on any atom is -0.353 e. The van der Waals surface area contributed by atoms with E-state index < -0.39 is 11.7 Å². The lowest BCUT2D eigenvalue weighted by Crippen LogP contribution is -2.35. The van der Waals surface area contributed by atoms with E-state index in [2.05, 4.69) is 15.5 Å². The Labute approximate surface area is 157 Å². The van der Waals surface area contributed by atoms with Gasteiger partial charge in [0.1, 0.15) is 0 Å². The number of alkyl halides is 3. The van der Waals surface area contributed by atoms with Crippen molar-refractivity contribution in [2.24, 2.45) is 0 Å². The number of carbonyl (C=O) groups is 1. The van der Waals surface area contributed by atoms with Gasteiger partial charge in [-0.1, -0.05) is 49.0 Å². The molecule has 1 fully saturated rings. The van der Waals surface area contributed by atoms with Crippen LogP contribution in [0.15, 0.2) is 17.4 Å². The monoisotopic (exact) mass is 406 g/mol. The number of rotatable bonds is 4. The minimum atomic E-state index is -4.53. The first-order valence-corrected chi connectivity index (χ1v) is 9.74. The first-order valence-electron chi connectivity index (χ1n) is 8.38. The molecule has 0 spiro atoms. The maximum Gasteiger partial charge on any atom is 0.417 e. The van der Waals surface area contributed by atoms with Crippen molar-refractivity contribution in [2.75, 3.05) is 5.75 Å². The van der Waals surface area contributed by atoms with Crippen LogP contribution < -0.4 is 5.32 Å². The summed E-state index contributed by atoms with van der Waals surface area (Å²) in [5.74, 6) is -0.0951. The molecule has 2 aromatic heterocycles. The zero-order valence-corrected chi connectivity index (χ0v) is 15.4. The second-order valence-corrected chi connectivity index (χ2v) is 7.65. The van der Waals surface area contributed by atoms with Crippen LogP contribution in [0, 0.1) is 0 Å². The van der Waals surface area contributed by atoms with Gasteiger partial charge in [0.05, 0.1) is 16.3 Å². The Bertz CT molecular complexity index is 788. The molecule has 0 bridgehead atoms. The Morgan fingerprint density at radius 1 is 1.27 bits per heavy atom. The van der Waals surface area contributed by atoms with E-state index in [4.69, 9.17) is 11.6 Å². The van der Waals surface area contributed by atoms with E-state index in [1.165, 1.54) is 17.2 Å². The predicted octanol–water partition coefficient (Wildman–Crippen LogP) is 4.33. The van der Waals surface area contributed by atoms with E-state index in [9.17, 15) is 18.0 Å². The fraction of sp³-hybridized carbons (Fsp3) is 0.562.